The zero-order chi connectivity index (χ0) is 12.7. The van der Waals surface area contributed by atoms with Gasteiger partial charge in [-0.15, -0.1) is 0 Å². The summed E-state index contributed by atoms with van der Waals surface area (Å²) in [5.74, 6) is -1.20. The summed E-state index contributed by atoms with van der Waals surface area (Å²) in [6.07, 6.45) is 5.41. The van der Waals surface area contributed by atoms with Crippen molar-refractivity contribution in [3.8, 4) is 0 Å². The monoisotopic (exact) mass is 253 g/mol. The Hall–Kier alpha value is -1.10. The Morgan fingerprint density at radius 1 is 1.06 bits per heavy atom. The SMILES string of the molecule is O=C(O)C1CCC(C(=O)NC2CC3CCC2O3)C1. The van der Waals surface area contributed by atoms with Gasteiger partial charge < -0.3 is 15.2 Å². The van der Waals surface area contributed by atoms with Crippen molar-refractivity contribution in [1.29, 1.82) is 0 Å². The molecule has 100 valence electrons. The third kappa shape index (κ3) is 2.11. The molecule has 5 unspecified atom stereocenters. The molecule has 2 saturated heterocycles. The molecule has 2 bridgehead atoms. The van der Waals surface area contributed by atoms with Crippen molar-refractivity contribution in [2.24, 2.45) is 11.8 Å². The summed E-state index contributed by atoms with van der Waals surface area (Å²) in [7, 11) is 0. The van der Waals surface area contributed by atoms with E-state index in [1.165, 1.54) is 0 Å². The van der Waals surface area contributed by atoms with Gasteiger partial charge in [0.1, 0.15) is 0 Å². The lowest BCUT2D eigenvalue weighted by molar-refractivity contribution is -0.141. The highest BCUT2D eigenvalue weighted by molar-refractivity contribution is 5.81. The molecule has 3 aliphatic rings. The molecule has 18 heavy (non-hydrogen) atoms. The summed E-state index contributed by atoms with van der Waals surface area (Å²) in [5, 5.41) is 12.0. The molecule has 1 amide bonds. The second kappa shape index (κ2) is 4.53. The van der Waals surface area contributed by atoms with Crippen molar-refractivity contribution >= 4 is 11.9 Å². The summed E-state index contributed by atoms with van der Waals surface area (Å²) in [5.41, 5.74) is 0. The topological polar surface area (TPSA) is 75.6 Å². The summed E-state index contributed by atoms with van der Waals surface area (Å²) in [6, 6.07) is 0.153. The number of rotatable bonds is 3. The highest BCUT2D eigenvalue weighted by Gasteiger charge is 2.43. The number of aliphatic carboxylic acids is 1. The molecule has 0 aromatic rings. The van der Waals surface area contributed by atoms with Gasteiger partial charge in [-0.05, 0) is 38.5 Å². The Morgan fingerprint density at radius 2 is 1.83 bits per heavy atom. The van der Waals surface area contributed by atoms with Crippen LogP contribution < -0.4 is 5.32 Å². The normalized spacial score (nSPS) is 42.1. The zero-order valence-electron chi connectivity index (χ0n) is 10.3. The predicted octanol–water partition coefficient (Wildman–Crippen LogP) is 0.923. The maximum absolute atomic E-state index is 12.1. The number of carboxylic acid groups (broad SMARTS) is 1. The Morgan fingerprint density at radius 3 is 2.39 bits per heavy atom. The minimum absolute atomic E-state index is 0.0277. The maximum atomic E-state index is 12.1. The number of carbonyl (C=O) groups excluding carboxylic acids is 1. The van der Waals surface area contributed by atoms with E-state index in [2.05, 4.69) is 5.32 Å². The summed E-state index contributed by atoms with van der Waals surface area (Å²) >= 11 is 0. The van der Waals surface area contributed by atoms with Gasteiger partial charge in [0.2, 0.25) is 5.91 Å². The largest absolute Gasteiger partial charge is 0.481 e. The van der Waals surface area contributed by atoms with E-state index in [4.69, 9.17) is 9.84 Å². The van der Waals surface area contributed by atoms with Crippen LogP contribution in [0.2, 0.25) is 0 Å². The average molecular weight is 253 g/mol. The fraction of sp³-hybridized carbons (Fsp3) is 0.846. The van der Waals surface area contributed by atoms with Gasteiger partial charge in [0, 0.05) is 5.92 Å². The van der Waals surface area contributed by atoms with E-state index in [1.54, 1.807) is 0 Å². The highest BCUT2D eigenvalue weighted by Crippen LogP contribution is 2.36. The van der Waals surface area contributed by atoms with Crippen molar-refractivity contribution < 1.29 is 19.4 Å². The number of carboxylic acids is 1. The zero-order valence-corrected chi connectivity index (χ0v) is 10.3. The van der Waals surface area contributed by atoms with Gasteiger partial charge in [-0.1, -0.05) is 0 Å². The molecular weight excluding hydrogens is 234 g/mol. The molecule has 2 aliphatic heterocycles. The Labute approximate surface area is 106 Å². The van der Waals surface area contributed by atoms with E-state index in [1.807, 2.05) is 0 Å². The van der Waals surface area contributed by atoms with Crippen molar-refractivity contribution in [3.63, 3.8) is 0 Å². The quantitative estimate of drug-likeness (QED) is 0.784. The van der Waals surface area contributed by atoms with Gasteiger partial charge in [-0.3, -0.25) is 9.59 Å². The Bertz CT molecular complexity index is 370. The summed E-state index contributed by atoms with van der Waals surface area (Å²) in [6.45, 7) is 0. The molecule has 5 atom stereocenters. The number of ether oxygens (including phenoxy) is 1. The van der Waals surface area contributed by atoms with Gasteiger partial charge in [0.15, 0.2) is 0 Å². The van der Waals surface area contributed by atoms with E-state index < -0.39 is 5.97 Å². The number of nitrogens with one attached hydrogen (secondary N) is 1. The van der Waals surface area contributed by atoms with Crippen LogP contribution in [-0.4, -0.2) is 35.2 Å². The van der Waals surface area contributed by atoms with Crippen molar-refractivity contribution in [2.75, 3.05) is 0 Å². The lowest BCUT2D eigenvalue weighted by Gasteiger charge is -2.22. The number of amides is 1. The van der Waals surface area contributed by atoms with Crippen LogP contribution in [0.3, 0.4) is 0 Å². The Kier molecular flexibility index (Phi) is 3.01. The average Bonchev–Trinajstić information content (AvgIpc) is 3.04. The van der Waals surface area contributed by atoms with Crippen LogP contribution in [0, 0.1) is 11.8 Å². The molecule has 5 nitrogen and oxygen atoms in total. The first-order valence-corrected chi connectivity index (χ1v) is 6.82. The van der Waals surface area contributed by atoms with Crippen LogP contribution >= 0.6 is 0 Å². The molecule has 5 heteroatoms. The molecule has 2 heterocycles. The summed E-state index contributed by atoms with van der Waals surface area (Å²) < 4.78 is 5.70. The molecule has 0 aromatic heterocycles. The first kappa shape index (κ1) is 12.0. The standard InChI is InChI=1S/C13H19NO4/c15-12(7-1-2-8(5-7)13(16)17)14-10-6-9-3-4-11(10)18-9/h7-11H,1-6H2,(H,14,15)(H,16,17). The van der Waals surface area contributed by atoms with Gasteiger partial charge >= 0.3 is 5.97 Å². The van der Waals surface area contributed by atoms with Crippen LogP contribution in [0.5, 0.6) is 0 Å². The first-order chi connectivity index (χ1) is 8.63. The smallest absolute Gasteiger partial charge is 0.306 e. The number of fused-ring (bicyclic) bond motifs is 2. The molecule has 3 rings (SSSR count). The molecule has 1 saturated carbocycles. The second-order valence-corrected chi connectivity index (χ2v) is 5.77. The minimum atomic E-state index is -0.770. The molecular formula is C13H19NO4. The third-order valence-corrected chi connectivity index (χ3v) is 4.59. The van der Waals surface area contributed by atoms with Crippen LogP contribution in [0.1, 0.15) is 38.5 Å². The van der Waals surface area contributed by atoms with E-state index in [0.717, 1.165) is 19.3 Å². The maximum Gasteiger partial charge on any atom is 0.306 e. The molecule has 0 aromatic carbocycles. The molecule has 2 N–H and O–H groups in total. The van der Waals surface area contributed by atoms with E-state index >= 15 is 0 Å². The van der Waals surface area contributed by atoms with Crippen molar-refractivity contribution in [3.05, 3.63) is 0 Å². The highest BCUT2D eigenvalue weighted by atomic mass is 16.5. The molecule has 3 fully saturated rings. The van der Waals surface area contributed by atoms with E-state index in [-0.39, 0.29) is 29.9 Å². The van der Waals surface area contributed by atoms with Crippen molar-refractivity contribution in [1.82, 2.24) is 5.32 Å². The van der Waals surface area contributed by atoms with Crippen molar-refractivity contribution in [2.45, 2.75) is 56.8 Å². The predicted molar refractivity (Wildman–Crippen MR) is 62.9 cm³/mol. The fourth-order valence-electron chi connectivity index (χ4n) is 3.53. The second-order valence-electron chi connectivity index (χ2n) is 5.77. The van der Waals surface area contributed by atoms with Gasteiger partial charge in [0.05, 0.1) is 24.2 Å². The first-order valence-electron chi connectivity index (χ1n) is 6.82. The van der Waals surface area contributed by atoms with E-state index in [9.17, 15) is 9.59 Å². The van der Waals surface area contributed by atoms with Crippen LogP contribution in [0.4, 0.5) is 0 Å². The van der Waals surface area contributed by atoms with Crippen LogP contribution in [0.15, 0.2) is 0 Å². The van der Waals surface area contributed by atoms with Crippen LogP contribution in [0.25, 0.3) is 0 Å². The third-order valence-electron chi connectivity index (χ3n) is 4.59. The van der Waals surface area contributed by atoms with E-state index in [0.29, 0.717) is 25.4 Å². The fourth-order valence-corrected chi connectivity index (χ4v) is 3.53. The molecule has 0 radical (unpaired) electrons. The number of carbonyl (C=O) groups is 2. The lowest BCUT2D eigenvalue weighted by atomic mass is 9.94. The van der Waals surface area contributed by atoms with Gasteiger partial charge in [-0.25, -0.2) is 0 Å². The number of hydrogen-bond donors (Lipinski definition) is 2. The van der Waals surface area contributed by atoms with Gasteiger partial charge in [0.25, 0.3) is 0 Å². The number of hydrogen-bond acceptors (Lipinski definition) is 3. The molecule has 1 aliphatic carbocycles. The molecule has 0 spiro atoms. The summed E-state index contributed by atoms with van der Waals surface area (Å²) in [4.78, 5) is 23.0. The van der Waals surface area contributed by atoms with Crippen LogP contribution in [-0.2, 0) is 14.3 Å². The lowest BCUT2D eigenvalue weighted by Crippen LogP contribution is -2.43. The van der Waals surface area contributed by atoms with Gasteiger partial charge in [-0.2, -0.15) is 0 Å². The Balaban J connectivity index is 1.52. The minimum Gasteiger partial charge on any atom is -0.481 e.